The number of halogens is 4. The molecule has 9 heteroatoms. The first-order valence-electron chi connectivity index (χ1n) is 8.27. The van der Waals surface area contributed by atoms with Crippen molar-refractivity contribution in [2.24, 2.45) is 4.99 Å². The predicted molar refractivity (Wildman–Crippen MR) is 113 cm³/mol. The average molecular weight is 509 g/mol. The molecule has 0 aliphatic rings. The van der Waals surface area contributed by atoms with E-state index in [1.54, 1.807) is 32.4 Å². The molecule has 28 heavy (non-hydrogen) atoms. The molecular formula is C19H23F3IN3O2. The van der Waals surface area contributed by atoms with Crippen LogP contribution in [0.1, 0.15) is 11.1 Å². The zero-order chi connectivity index (χ0) is 19.7. The fourth-order valence-corrected chi connectivity index (χ4v) is 2.38. The van der Waals surface area contributed by atoms with E-state index in [-0.39, 0.29) is 36.3 Å². The van der Waals surface area contributed by atoms with E-state index in [1.165, 1.54) is 6.07 Å². The maximum absolute atomic E-state index is 12.4. The molecule has 0 fully saturated rings. The first-order chi connectivity index (χ1) is 12.9. The van der Waals surface area contributed by atoms with Crippen LogP contribution < -0.4 is 20.1 Å². The fraction of sp³-hybridized carbons (Fsp3) is 0.316. The minimum atomic E-state index is -4.38. The summed E-state index contributed by atoms with van der Waals surface area (Å²) in [4.78, 5) is 4.12. The minimum Gasteiger partial charge on any atom is -0.496 e. The lowest BCUT2D eigenvalue weighted by molar-refractivity contribution is -0.153. The SMILES string of the molecule is CN=C(NCc1ccccc1OC)NCc1ccccc1OCC(F)(F)F.I. The Morgan fingerprint density at radius 1 is 0.929 bits per heavy atom. The van der Waals surface area contributed by atoms with Gasteiger partial charge < -0.3 is 20.1 Å². The average Bonchev–Trinajstić information content (AvgIpc) is 2.66. The summed E-state index contributed by atoms with van der Waals surface area (Å²) in [6.07, 6.45) is -4.38. The van der Waals surface area contributed by atoms with Crippen LogP contribution in [0, 0.1) is 0 Å². The Balaban J connectivity index is 0.00000392. The van der Waals surface area contributed by atoms with Crippen molar-refractivity contribution in [1.82, 2.24) is 10.6 Å². The van der Waals surface area contributed by atoms with Gasteiger partial charge in [0.1, 0.15) is 11.5 Å². The number of ether oxygens (including phenoxy) is 2. The molecule has 0 radical (unpaired) electrons. The van der Waals surface area contributed by atoms with Crippen molar-refractivity contribution in [3.05, 3.63) is 59.7 Å². The molecule has 0 aliphatic carbocycles. The molecule has 0 saturated carbocycles. The largest absolute Gasteiger partial charge is 0.496 e. The Labute approximate surface area is 179 Å². The van der Waals surface area contributed by atoms with Crippen LogP contribution in [0.2, 0.25) is 0 Å². The summed E-state index contributed by atoms with van der Waals surface area (Å²) in [7, 11) is 3.22. The van der Waals surface area contributed by atoms with Crippen LogP contribution in [0.5, 0.6) is 11.5 Å². The number of alkyl halides is 3. The molecule has 0 aromatic heterocycles. The minimum absolute atomic E-state index is 0. The highest BCUT2D eigenvalue weighted by atomic mass is 127. The van der Waals surface area contributed by atoms with Gasteiger partial charge in [-0.1, -0.05) is 36.4 Å². The summed E-state index contributed by atoms with van der Waals surface area (Å²) in [5, 5.41) is 6.21. The normalized spacial score (nSPS) is 11.4. The van der Waals surface area contributed by atoms with E-state index in [2.05, 4.69) is 15.6 Å². The molecule has 0 aliphatic heterocycles. The number of hydrogen-bond acceptors (Lipinski definition) is 3. The Morgan fingerprint density at radius 2 is 1.43 bits per heavy atom. The Hall–Kier alpha value is -2.17. The van der Waals surface area contributed by atoms with Crippen LogP contribution in [-0.2, 0) is 13.1 Å². The van der Waals surface area contributed by atoms with Gasteiger partial charge in [0.15, 0.2) is 12.6 Å². The number of aliphatic imine (C=N–C) groups is 1. The molecule has 0 heterocycles. The Morgan fingerprint density at radius 3 is 1.93 bits per heavy atom. The number of nitrogens with zero attached hydrogens (tertiary/aromatic N) is 1. The summed E-state index contributed by atoms with van der Waals surface area (Å²) in [5.41, 5.74) is 1.55. The third-order valence-corrected chi connectivity index (χ3v) is 3.67. The van der Waals surface area contributed by atoms with Crippen molar-refractivity contribution in [1.29, 1.82) is 0 Å². The summed E-state index contributed by atoms with van der Waals surface area (Å²) in [5.74, 6) is 1.44. The number of hydrogen-bond donors (Lipinski definition) is 2. The van der Waals surface area contributed by atoms with Gasteiger partial charge in [-0.05, 0) is 12.1 Å². The van der Waals surface area contributed by atoms with Gasteiger partial charge in [0, 0.05) is 31.3 Å². The molecule has 2 N–H and O–H groups in total. The molecule has 0 spiro atoms. The summed E-state index contributed by atoms with van der Waals surface area (Å²) >= 11 is 0. The van der Waals surface area contributed by atoms with E-state index in [0.717, 1.165) is 11.3 Å². The second kappa shape index (κ2) is 11.6. The monoisotopic (exact) mass is 509 g/mol. The fourth-order valence-electron chi connectivity index (χ4n) is 2.38. The van der Waals surface area contributed by atoms with Gasteiger partial charge in [-0.3, -0.25) is 4.99 Å². The van der Waals surface area contributed by atoms with Crippen molar-refractivity contribution in [3.63, 3.8) is 0 Å². The van der Waals surface area contributed by atoms with Gasteiger partial charge in [-0.25, -0.2) is 0 Å². The lowest BCUT2D eigenvalue weighted by Crippen LogP contribution is -2.36. The van der Waals surface area contributed by atoms with Crippen molar-refractivity contribution < 1.29 is 22.6 Å². The molecule has 0 atom stereocenters. The zero-order valence-corrected chi connectivity index (χ0v) is 17.9. The highest BCUT2D eigenvalue weighted by Gasteiger charge is 2.28. The number of methoxy groups -OCH3 is 1. The molecule has 0 amide bonds. The molecule has 0 unspecified atom stereocenters. The smallest absolute Gasteiger partial charge is 0.422 e. The van der Waals surface area contributed by atoms with Crippen LogP contribution in [0.4, 0.5) is 13.2 Å². The number of guanidine groups is 1. The highest BCUT2D eigenvalue weighted by Crippen LogP contribution is 2.22. The lowest BCUT2D eigenvalue weighted by Gasteiger charge is -2.16. The number of benzene rings is 2. The molecule has 154 valence electrons. The summed E-state index contributed by atoms with van der Waals surface area (Å²) in [6.45, 7) is -0.583. The second-order valence-electron chi connectivity index (χ2n) is 5.60. The zero-order valence-electron chi connectivity index (χ0n) is 15.5. The number of rotatable bonds is 7. The lowest BCUT2D eigenvalue weighted by atomic mass is 10.2. The first-order valence-corrected chi connectivity index (χ1v) is 8.27. The van der Waals surface area contributed by atoms with Crippen LogP contribution >= 0.6 is 24.0 Å². The third kappa shape index (κ3) is 7.83. The molecule has 2 aromatic carbocycles. The van der Waals surface area contributed by atoms with Gasteiger partial charge in [0.25, 0.3) is 0 Å². The van der Waals surface area contributed by atoms with Gasteiger partial charge in [-0.2, -0.15) is 13.2 Å². The quantitative estimate of drug-likeness (QED) is 0.335. The van der Waals surface area contributed by atoms with Crippen LogP contribution in [0.25, 0.3) is 0 Å². The summed E-state index contributed by atoms with van der Waals surface area (Å²) < 4.78 is 47.3. The molecular weight excluding hydrogens is 486 g/mol. The van der Waals surface area contributed by atoms with Gasteiger partial charge in [0.05, 0.1) is 7.11 Å². The van der Waals surface area contributed by atoms with Gasteiger partial charge >= 0.3 is 6.18 Å². The predicted octanol–water partition coefficient (Wildman–Crippen LogP) is 4.12. The maximum atomic E-state index is 12.4. The van der Waals surface area contributed by atoms with Crippen LogP contribution in [0.3, 0.4) is 0 Å². The molecule has 2 aromatic rings. The van der Waals surface area contributed by atoms with Gasteiger partial charge in [-0.15, -0.1) is 24.0 Å². The van der Waals surface area contributed by atoms with E-state index >= 15 is 0 Å². The maximum Gasteiger partial charge on any atom is 0.422 e. The second-order valence-corrected chi connectivity index (χ2v) is 5.60. The molecule has 0 bridgehead atoms. The van der Waals surface area contributed by atoms with Crippen molar-refractivity contribution in [3.8, 4) is 11.5 Å². The Kier molecular flexibility index (Phi) is 9.91. The van der Waals surface area contributed by atoms with E-state index in [4.69, 9.17) is 9.47 Å². The van der Waals surface area contributed by atoms with Crippen molar-refractivity contribution in [2.45, 2.75) is 19.3 Å². The Bertz CT molecular complexity index is 770. The van der Waals surface area contributed by atoms with Crippen molar-refractivity contribution in [2.75, 3.05) is 20.8 Å². The van der Waals surface area contributed by atoms with E-state index in [1.807, 2.05) is 24.3 Å². The van der Waals surface area contributed by atoms with Crippen LogP contribution in [-0.4, -0.2) is 32.9 Å². The number of nitrogens with one attached hydrogen (secondary N) is 2. The van der Waals surface area contributed by atoms with Crippen molar-refractivity contribution >= 4 is 29.9 Å². The highest BCUT2D eigenvalue weighted by molar-refractivity contribution is 14.0. The topological polar surface area (TPSA) is 54.9 Å². The molecule has 2 rings (SSSR count). The molecule has 5 nitrogen and oxygen atoms in total. The standard InChI is InChI=1S/C19H22F3N3O2.HI/c1-23-18(24-11-14-7-3-5-9-16(14)26-2)25-12-15-8-4-6-10-17(15)27-13-19(20,21)22;/h3-10H,11-13H2,1-2H3,(H2,23,24,25);1H. The third-order valence-electron chi connectivity index (χ3n) is 3.67. The van der Waals surface area contributed by atoms with E-state index in [9.17, 15) is 13.2 Å². The van der Waals surface area contributed by atoms with E-state index in [0.29, 0.717) is 18.1 Å². The van der Waals surface area contributed by atoms with Gasteiger partial charge in [0.2, 0.25) is 0 Å². The van der Waals surface area contributed by atoms with Crippen LogP contribution in [0.15, 0.2) is 53.5 Å². The van der Waals surface area contributed by atoms with E-state index < -0.39 is 12.8 Å². The molecule has 0 saturated heterocycles. The summed E-state index contributed by atoms with van der Waals surface area (Å²) in [6, 6.07) is 14.2. The first kappa shape index (κ1) is 23.9. The number of para-hydroxylation sites is 2.